The average molecular weight is 375 g/mol. The second-order valence-corrected chi connectivity index (χ2v) is 6.85. The molecule has 1 amide bonds. The van der Waals surface area contributed by atoms with Crippen LogP contribution in [0.25, 0.3) is 11.3 Å². The van der Waals surface area contributed by atoms with Crippen molar-refractivity contribution in [2.24, 2.45) is 0 Å². The van der Waals surface area contributed by atoms with Crippen LogP contribution in [0.15, 0.2) is 49.3 Å². The van der Waals surface area contributed by atoms with E-state index in [1.165, 1.54) is 6.33 Å². The van der Waals surface area contributed by atoms with Gasteiger partial charge in [0.15, 0.2) is 0 Å². The predicted octanol–water partition coefficient (Wildman–Crippen LogP) is 2.40. The van der Waals surface area contributed by atoms with E-state index in [2.05, 4.69) is 35.6 Å². The minimum absolute atomic E-state index is 0.105. The molecule has 4 rings (SSSR count). The largest absolute Gasteiger partial charge is 0.351 e. The zero-order valence-corrected chi connectivity index (χ0v) is 15.5. The van der Waals surface area contributed by atoms with Gasteiger partial charge in [-0.1, -0.05) is 0 Å². The number of hydrogen-bond donors (Lipinski definition) is 2. The first kappa shape index (κ1) is 18.0. The summed E-state index contributed by atoms with van der Waals surface area (Å²) in [5.74, 6) is 0.471. The van der Waals surface area contributed by atoms with E-state index in [-0.39, 0.29) is 18.0 Å². The Balaban J connectivity index is 1.36. The van der Waals surface area contributed by atoms with Gasteiger partial charge in [0.1, 0.15) is 6.33 Å². The van der Waals surface area contributed by atoms with E-state index >= 15 is 0 Å². The number of hydrogen-bond acceptors (Lipinski definition) is 7. The molecule has 0 saturated heterocycles. The third kappa shape index (κ3) is 4.11. The van der Waals surface area contributed by atoms with E-state index in [0.717, 1.165) is 30.5 Å². The van der Waals surface area contributed by atoms with Gasteiger partial charge >= 0.3 is 0 Å². The lowest BCUT2D eigenvalue weighted by molar-refractivity contribution is 0.0936. The number of nitrogens with zero attached hydrogens (tertiary/aromatic N) is 5. The molecule has 3 heterocycles. The minimum atomic E-state index is -0.125. The van der Waals surface area contributed by atoms with Crippen molar-refractivity contribution in [2.75, 3.05) is 5.32 Å². The Morgan fingerprint density at radius 1 is 1.04 bits per heavy atom. The Kier molecular flexibility index (Phi) is 5.18. The van der Waals surface area contributed by atoms with Gasteiger partial charge in [-0.25, -0.2) is 19.9 Å². The SMILES string of the molecule is Cc1ncncc1C(=O)N[C@H]1CC[C@H](Nc2nccc(-c3ccncc3)n2)C1. The third-order valence-corrected chi connectivity index (χ3v) is 4.89. The van der Waals surface area contributed by atoms with Gasteiger partial charge in [-0.05, 0) is 44.4 Å². The summed E-state index contributed by atoms with van der Waals surface area (Å²) < 4.78 is 0. The highest BCUT2D eigenvalue weighted by Gasteiger charge is 2.27. The number of carbonyl (C=O) groups is 1. The molecule has 8 nitrogen and oxygen atoms in total. The van der Waals surface area contributed by atoms with Crippen LogP contribution < -0.4 is 10.6 Å². The Labute approximate surface area is 162 Å². The fourth-order valence-corrected chi connectivity index (χ4v) is 3.41. The fourth-order valence-electron chi connectivity index (χ4n) is 3.41. The first-order valence-electron chi connectivity index (χ1n) is 9.26. The number of carbonyl (C=O) groups excluding carboxylic acids is 1. The van der Waals surface area contributed by atoms with E-state index < -0.39 is 0 Å². The lowest BCUT2D eigenvalue weighted by atomic mass is 10.2. The lowest BCUT2D eigenvalue weighted by Gasteiger charge is -2.15. The number of nitrogens with one attached hydrogen (secondary N) is 2. The Bertz CT molecular complexity index is 964. The van der Waals surface area contributed by atoms with E-state index in [1.807, 2.05) is 25.1 Å². The van der Waals surface area contributed by atoms with Crippen LogP contribution in [-0.4, -0.2) is 42.9 Å². The van der Waals surface area contributed by atoms with Crippen LogP contribution in [0.3, 0.4) is 0 Å². The molecule has 0 aromatic carbocycles. The minimum Gasteiger partial charge on any atom is -0.351 e. The van der Waals surface area contributed by atoms with Gasteiger partial charge in [0.2, 0.25) is 5.95 Å². The smallest absolute Gasteiger partial charge is 0.254 e. The van der Waals surface area contributed by atoms with Gasteiger partial charge in [-0.2, -0.15) is 0 Å². The molecule has 1 saturated carbocycles. The highest BCUT2D eigenvalue weighted by molar-refractivity contribution is 5.95. The maximum Gasteiger partial charge on any atom is 0.254 e. The molecule has 0 aliphatic heterocycles. The monoisotopic (exact) mass is 375 g/mol. The highest BCUT2D eigenvalue weighted by Crippen LogP contribution is 2.23. The molecule has 142 valence electrons. The van der Waals surface area contributed by atoms with Crippen molar-refractivity contribution in [1.82, 2.24) is 30.2 Å². The van der Waals surface area contributed by atoms with Gasteiger partial charge in [0.25, 0.3) is 5.91 Å². The maximum absolute atomic E-state index is 12.4. The molecule has 0 unspecified atom stereocenters. The molecule has 0 radical (unpaired) electrons. The van der Waals surface area contributed by atoms with Crippen molar-refractivity contribution in [2.45, 2.75) is 38.3 Å². The summed E-state index contributed by atoms with van der Waals surface area (Å²) in [6.45, 7) is 1.81. The van der Waals surface area contributed by atoms with Crippen LogP contribution in [0, 0.1) is 6.92 Å². The topological polar surface area (TPSA) is 106 Å². The van der Waals surface area contributed by atoms with Crippen molar-refractivity contribution in [3.63, 3.8) is 0 Å². The maximum atomic E-state index is 12.4. The third-order valence-electron chi connectivity index (χ3n) is 4.89. The van der Waals surface area contributed by atoms with Crippen LogP contribution in [0.4, 0.5) is 5.95 Å². The summed E-state index contributed by atoms with van der Waals surface area (Å²) in [7, 11) is 0. The number of anilines is 1. The zero-order valence-electron chi connectivity index (χ0n) is 15.5. The highest BCUT2D eigenvalue weighted by atomic mass is 16.1. The average Bonchev–Trinajstić information content (AvgIpc) is 3.16. The predicted molar refractivity (Wildman–Crippen MR) is 105 cm³/mol. The Hall–Kier alpha value is -3.42. The first-order chi connectivity index (χ1) is 13.7. The molecule has 2 N–H and O–H groups in total. The normalized spacial score (nSPS) is 18.6. The van der Waals surface area contributed by atoms with Crippen LogP contribution in [0.2, 0.25) is 0 Å². The number of amides is 1. The quantitative estimate of drug-likeness (QED) is 0.705. The number of pyridine rings is 1. The van der Waals surface area contributed by atoms with Crippen molar-refractivity contribution >= 4 is 11.9 Å². The molecule has 1 aliphatic rings. The molecule has 28 heavy (non-hydrogen) atoms. The van der Waals surface area contributed by atoms with E-state index in [9.17, 15) is 4.79 Å². The summed E-state index contributed by atoms with van der Waals surface area (Å²) in [5.41, 5.74) is 3.05. The molecule has 2 atom stereocenters. The summed E-state index contributed by atoms with van der Waals surface area (Å²) in [6.07, 6.45) is 10.9. The Morgan fingerprint density at radius 3 is 2.68 bits per heavy atom. The van der Waals surface area contributed by atoms with E-state index in [1.54, 1.807) is 24.8 Å². The van der Waals surface area contributed by atoms with Gasteiger partial charge in [0, 0.05) is 42.4 Å². The molecule has 0 bridgehead atoms. The van der Waals surface area contributed by atoms with Gasteiger partial charge < -0.3 is 10.6 Å². The van der Waals surface area contributed by atoms with Crippen molar-refractivity contribution in [1.29, 1.82) is 0 Å². The van der Waals surface area contributed by atoms with Crippen molar-refractivity contribution < 1.29 is 4.79 Å². The first-order valence-corrected chi connectivity index (χ1v) is 9.26. The molecular formula is C20H21N7O. The fraction of sp³-hybridized carbons (Fsp3) is 0.300. The molecule has 8 heteroatoms. The summed E-state index contributed by atoms with van der Waals surface area (Å²) in [5, 5.41) is 6.47. The molecule has 0 spiro atoms. The number of rotatable bonds is 5. The molecular weight excluding hydrogens is 354 g/mol. The van der Waals surface area contributed by atoms with Crippen molar-refractivity contribution in [3.8, 4) is 11.3 Å². The Morgan fingerprint density at radius 2 is 1.86 bits per heavy atom. The van der Waals surface area contributed by atoms with Gasteiger partial charge in [0.05, 0.1) is 17.0 Å². The molecule has 3 aromatic heterocycles. The van der Waals surface area contributed by atoms with Gasteiger partial charge in [-0.3, -0.25) is 9.78 Å². The summed E-state index contributed by atoms with van der Waals surface area (Å²) in [4.78, 5) is 33.4. The van der Waals surface area contributed by atoms with Gasteiger partial charge in [-0.15, -0.1) is 0 Å². The number of aromatic nitrogens is 5. The summed E-state index contributed by atoms with van der Waals surface area (Å²) in [6, 6.07) is 6.03. The zero-order chi connectivity index (χ0) is 19.3. The molecule has 3 aromatic rings. The lowest BCUT2D eigenvalue weighted by Crippen LogP contribution is -2.34. The second kappa shape index (κ2) is 8.08. The van der Waals surface area contributed by atoms with E-state index in [0.29, 0.717) is 17.2 Å². The van der Waals surface area contributed by atoms with Crippen LogP contribution in [0.5, 0.6) is 0 Å². The van der Waals surface area contributed by atoms with Crippen LogP contribution in [-0.2, 0) is 0 Å². The van der Waals surface area contributed by atoms with Crippen LogP contribution in [0.1, 0.15) is 35.3 Å². The molecule has 1 aliphatic carbocycles. The van der Waals surface area contributed by atoms with Crippen LogP contribution >= 0.6 is 0 Å². The van der Waals surface area contributed by atoms with E-state index in [4.69, 9.17) is 0 Å². The van der Waals surface area contributed by atoms with Crippen molar-refractivity contribution in [3.05, 3.63) is 60.6 Å². The molecule has 1 fully saturated rings. The second-order valence-electron chi connectivity index (χ2n) is 6.85. The number of aryl methyl sites for hydroxylation is 1. The standard InChI is InChI=1S/C20H21N7O/c1-13-17(11-22-12-24-13)19(28)25-15-2-3-16(10-15)26-20-23-9-6-18(27-20)14-4-7-21-8-5-14/h4-9,11-12,15-16H,2-3,10H2,1H3,(H,25,28)(H,23,26,27)/t15-,16-/m0/s1. The summed E-state index contributed by atoms with van der Waals surface area (Å²) >= 11 is 0.